The van der Waals surface area contributed by atoms with Gasteiger partial charge in [0.2, 0.25) is 5.89 Å². The third-order valence-electron chi connectivity index (χ3n) is 3.59. The number of thiocarbonyl (C=S) groups is 1. The lowest BCUT2D eigenvalue weighted by molar-refractivity contribution is 0.350. The van der Waals surface area contributed by atoms with Crippen molar-refractivity contribution in [3.63, 3.8) is 0 Å². The molecule has 25 heavy (non-hydrogen) atoms. The number of aromatic nitrogens is 2. The van der Waals surface area contributed by atoms with Crippen molar-refractivity contribution in [2.24, 2.45) is 0 Å². The van der Waals surface area contributed by atoms with Crippen molar-refractivity contribution in [2.75, 3.05) is 6.54 Å². The number of rotatable bonds is 7. The summed E-state index contributed by atoms with van der Waals surface area (Å²) in [6, 6.07) is 14.1. The lowest BCUT2D eigenvalue weighted by Crippen LogP contribution is -2.39. The van der Waals surface area contributed by atoms with Crippen molar-refractivity contribution in [2.45, 2.75) is 26.4 Å². The molecule has 3 rings (SSSR count). The van der Waals surface area contributed by atoms with Crippen LogP contribution in [0.4, 0.5) is 0 Å². The molecule has 1 N–H and O–H groups in total. The van der Waals surface area contributed by atoms with Crippen LogP contribution in [0.5, 0.6) is 0 Å². The first-order valence-electron chi connectivity index (χ1n) is 8.19. The molecule has 3 aromatic rings. The fraction of sp³-hybridized carbons (Fsp3) is 0.278. The molecule has 0 unspecified atom stereocenters. The number of nitrogens with one attached hydrogen (secondary N) is 1. The number of nitrogens with zero attached hydrogens (tertiary/aromatic N) is 3. The topological polar surface area (TPSA) is 54.2 Å². The molecule has 130 valence electrons. The van der Waals surface area contributed by atoms with Crippen LogP contribution in [0.2, 0.25) is 0 Å². The molecule has 0 bridgehead atoms. The first-order chi connectivity index (χ1) is 12.3. The summed E-state index contributed by atoms with van der Waals surface area (Å²) in [5.41, 5.74) is 1.19. The van der Waals surface area contributed by atoms with Crippen molar-refractivity contribution < 1.29 is 4.42 Å². The molecule has 0 saturated heterocycles. The van der Waals surface area contributed by atoms with E-state index in [1.54, 1.807) is 11.3 Å². The van der Waals surface area contributed by atoms with Crippen LogP contribution in [0.3, 0.4) is 0 Å². The van der Waals surface area contributed by atoms with E-state index in [0.717, 1.165) is 17.8 Å². The Kier molecular flexibility index (Phi) is 6.14. The van der Waals surface area contributed by atoms with E-state index in [-0.39, 0.29) is 0 Å². The molecule has 0 fully saturated rings. The Labute approximate surface area is 156 Å². The first-order valence-corrected chi connectivity index (χ1v) is 9.48. The highest BCUT2D eigenvalue weighted by atomic mass is 32.1. The second-order valence-electron chi connectivity index (χ2n) is 5.54. The van der Waals surface area contributed by atoms with Crippen LogP contribution in [-0.4, -0.2) is 26.8 Å². The van der Waals surface area contributed by atoms with E-state index in [1.807, 2.05) is 35.7 Å². The van der Waals surface area contributed by atoms with Gasteiger partial charge in [-0.1, -0.05) is 43.3 Å². The zero-order valence-electron chi connectivity index (χ0n) is 14.0. The molecule has 0 aliphatic carbocycles. The van der Waals surface area contributed by atoms with Gasteiger partial charge in [-0.25, -0.2) is 0 Å². The van der Waals surface area contributed by atoms with Crippen molar-refractivity contribution in [3.8, 4) is 10.8 Å². The molecule has 7 heteroatoms. The Bertz CT molecular complexity index is 787. The third kappa shape index (κ3) is 4.87. The fourth-order valence-electron chi connectivity index (χ4n) is 2.39. The van der Waals surface area contributed by atoms with Gasteiger partial charge in [-0.2, -0.15) is 0 Å². The van der Waals surface area contributed by atoms with E-state index in [0.29, 0.717) is 30.0 Å². The second kappa shape index (κ2) is 8.73. The largest absolute Gasteiger partial charge is 0.418 e. The normalized spacial score (nSPS) is 10.6. The van der Waals surface area contributed by atoms with Crippen molar-refractivity contribution in [1.82, 2.24) is 20.4 Å². The van der Waals surface area contributed by atoms with E-state index < -0.39 is 0 Å². The van der Waals surface area contributed by atoms with Gasteiger partial charge in [0, 0.05) is 13.1 Å². The molecule has 0 atom stereocenters. The Hall–Kier alpha value is -2.25. The summed E-state index contributed by atoms with van der Waals surface area (Å²) in [7, 11) is 0. The predicted octanol–water partition coefficient (Wildman–Crippen LogP) is 4.08. The van der Waals surface area contributed by atoms with Gasteiger partial charge in [0.25, 0.3) is 5.89 Å². The summed E-state index contributed by atoms with van der Waals surface area (Å²) in [6.07, 6.45) is 0.985. The maximum atomic E-state index is 5.78. The Balaban J connectivity index is 1.61. The Morgan fingerprint density at radius 2 is 2.04 bits per heavy atom. The molecule has 0 amide bonds. The van der Waals surface area contributed by atoms with Crippen LogP contribution in [0.25, 0.3) is 10.8 Å². The summed E-state index contributed by atoms with van der Waals surface area (Å²) in [5, 5.41) is 14.3. The monoisotopic (exact) mass is 372 g/mol. The maximum absolute atomic E-state index is 5.78. The molecule has 2 aromatic heterocycles. The van der Waals surface area contributed by atoms with Crippen LogP contribution in [0.1, 0.15) is 24.8 Å². The highest BCUT2D eigenvalue weighted by molar-refractivity contribution is 7.80. The van der Waals surface area contributed by atoms with Crippen molar-refractivity contribution in [3.05, 3.63) is 59.3 Å². The highest BCUT2D eigenvalue weighted by Gasteiger charge is 2.15. The van der Waals surface area contributed by atoms with Crippen LogP contribution >= 0.6 is 23.6 Å². The van der Waals surface area contributed by atoms with Crippen LogP contribution in [0.15, 0.2) is 52.3 Å². The summed E-state index contributed by atoms with van der Waals surface area (Å²) in [6.45, 7) is 4.16. The molecule has 5 nitrogen and oxygen atoms in total. The van der Waals surface area contributed by atoms with Crippen LogP contribution < -0.4 is 5.32 Å². The molecule has 0 spiro atoms. The minimum atomic E-state index is 0.507. The standard InChI is InChI=1S/C18H20N4OS2/c1-2-10-22(18(24)19-12-14-7-4-3-5-8-14)13-16-20-21-17(23-16)15-9-6-11-25-15/h3-9,11H,2,10,12-13H2,1H3,(H,19,24). The second-order valence-corrected chi connectivity index (χ2v) is 6.88. The summed E-state index contributed by atoms with van der Waals surface area (Å²) in [5.74, 6) is 1.13. The minimum absolute atomic E-state index is 0.507. The van der Waals surface area contributed by atoms with Gasteiger partial charge in [0.05, 0.1) is 11.4 Å². The Morgan fingerprint density at radius 1 is 1.20 bits per heavy atom. The molecule has 0 radical (unpaired) electrons. The Morgan fingerprint density at radius 3 is 2.76 bits per heavy atom. The number of benzene rings is 1. The van der Waals surface area contributed by atoms with Gasteiger partial charge in [0.1, 0.15) is 0 Å². The molecular weight excluding hydrogens is 352 g/mol. The first kappa shape index (κ1) is 17.6. The zero-order chi connectivity index (χ0) is 17.5. The van der Waals surface area contributed by atoms with E-state index >= 15 is 0 Å². The fourth-order valence-corrected chi connectivity index (χ4v) is 3.26. The predicted molar refractivity (Wildman–Crippen MR) is 104 cm³/mol. The smallest absolute Gasteiger partial charge is 0.257 e. The zero-order valence-corrected chi connectivity index (χ0v) is 15.6. The van der Waals surface area contributed by atoms with Gasteiger partial charge in [0.15, 0.2) is 5.11 Å². The average molecular weight is 373 g/mol. The van der Waals surface area contributed by atoms with Crippen LogP contribution in [0, 0.1) is 0 Å². The molecule has 2 heterocycles. The lowest BCUT2D eigenvalue weighted by atomic mass is 10.2. The molecular formula is C18H20N4OS2. The minimum Gasteiger partial charge on any atom is -0.418 e. The van der Waals surface area contributed by atoms with E-state index in [2.05, 4.69) is 39.5 Å². The lowest BCUT2D eigenvalue weighted by Gasteiger charge is -2.23. The molecule has 1 aromatic carbocycles. The quantitative estimate of drug-likeness (QED) is 0.631. The molecule has 0 aliphatic heterocycles. The number of thiophene rings is 1. The summed E-state index contributed by atoms with van der Waals surface area (Å²) >= 11 is 7.14. The SMILES string of the molecule is CCCN(Cc1nnc(-c2cccs2)o1)C(=S)NCc1ccccc1. The van der Waals surface area contributed by atoms with Gasteiger partial charge in [-0.05, 0) is 35.6 Å². The highest BCUT2D eigenvalue weighted by Crippen LogP contribution is 2.23. The van der Waals surface area contributed by atoms with Gasteiger partial charge in [-0.3, -0.25) is 0 Å². The third-order valence-corrected chi connectivity index (χ3v) is 4.85. The number of hydrogen-bond acceptors (Lipinski definition) is 5. The average Bonchev–Trinajstić information content (AvgIpc) is 3.31. The van der Waals surface area contributed by atoms with Gasteiger partial charge in [-0.15, -0.1) is 21.5 Å². The molecule has 0 saturated carbocycles. The van der Waals surface area contributed by atoms with Crippen molar-refractivity contribution >= 4 is 28.7 Å². The maximum Gasteiger partial charge on any atom is 0.257 e. The molecule has 0 aliphatic rings. The van der Waals surface area contributed by atoms with E-state index in [9.17, 15) is 0 Å². The van der Waals surface area contributed by atoms with E-state index in [4.69, 9.17) is 16.6 Å². The van der Waals surface area contributed by atoms with Crippen LogP contribution in [-0.2, 0) is 13.1 Å². The van der Waals surface area contributed by atoms with Gasteiger partial charge < -0.3 is 14.6 Å². The van der Waals surface area contributed by atoms with E-state index in [1.165, 1.54) is 5.56 Å². The van der Waals surface area contributed by atoms with Gasteiger partial charge >= 0.3 is 0 Å². The van der Waals surface area contributed by atoms with Crippen molar-refractivity contribution in [1.29, 1.82) is 0 Å². The summed E-state index contributed by atoms with van der Waals surface area (Å²) in [4.78, 5) is 3.04. The summed E-state index contributed by atoms with van der Waals surface area (Å²) < 4.78 is 5.78. The number of hydrogen-bond donors (Lipinski definition) is 1.